The van der Waals surface area contributed by atoms with Crippen LogP contribution in [0.2, 0.25) is 0 Å². The van der Waals surface area contributed by atoms with Crippen LogP contribution in [0.25, 0.3) is 10.6 Å². The van der Waals surface area contributed by atoms with Gasteiger partial charge in [0, 0.05) is 22.1 Å². The van der Waals surface area contributed by atoms with E-state index < -0.39 is 10.8 Å². The summed E-state index contributed by atoms with van der Waals surface area (Å²) in [7, 11) is 0. The van der Waals surface area contributed by atoms with Gasteiger partial charge in [-0.15, -0.1) is 11.3 Å². The second-order valence-corrected chi connectivity index (χ2v) is 7.11. The van der Waals surface area contributed by atoms with E-state index in [2.05, 4.69) is 15.5 Å². The zero-order valence-electron chi connectivity index (χ0n) is 15.8. The van der Waals surface area contributed by atoms with Crippen LogP contribution in [0.5, 0.6) is 5.75 Å². The highest BCUT2D eigenvalue weighted by Crippen LogP contribution is 2.28. The smallest absolute Gasteiger partial charge is 0.311 e. The van der Waals surface area contributed by atoms with Gasteiger partial charge in [-0.05, 0) is 26.0 Å². The van der Waals surface area contributed by atoms with Crippen molar-refractivity contribution in [2.75, 3.05) is 6.61 Å². The normalized spacial score (nSPS) is 10.8. The van der Waals surface area contributed by atoms with Crippen LogP contribution in [0.15, 0.2) is 53.6 Å². The number of nitrogens with zero attached hydrogens (tertiary/aromatic N) is 3. The number of carbonyl (C=O) groups excluding carboxylic acids is 1. The van der Waals surface area contributed by atoms with Gasteiger partial charge in [-0.2, -0.15) is 5.10 Å². The maximum Gasteiger partial charge on any atom is 0.311 e. The number of nitro benzene ring substituents is 1. The number of benzene rings is 2. The largest absolute Gasteiger partial charge is 0.487 e. The molecule has 1 aromatic heterocycles. The molecule has 29 heavy (non-hydrogen) atoms. The molecule has 0 radical (unpaired) electrons. The highest BCUT2D eigenvalue weighted by Gasteiger charge is 2.17. The summed E-state index contributed by atoms with van der Waals surface area (Å²) in [6.45, 7) is 3.89. The Morgan fingerprint density at radius 2 is 2.07 bits per heavy atom. The standard InChI is InChI=1S/C20H18N4O4S/c1-3-28-17-10-9-14(11-16(17)24(26)27)12-21-23-19(25)18-13(2)29-20(22-18)15-7-5-4-6-8-15/h4-12H,3H2,1-2H3,(H,23,25)/b21-12-. The third-order valence-corrected chi connectivity index (χ3v) is 4.91. The Morgan fingerprint density at radius 1 is 1.31 bits per heavy atom. The topological polar surface area (TPSA) is 107 Å². The van der Waals surface area contributed by atoms with Crippen LogP contribution in [-0.2, 0) is 0 Å². The number of nitro groups is 1. The van der Waals surface area contributed by atoms with Gasteiger partial charge in [-0.3, -0.25) is 14.9 Å². The number of rotatable bonds is 7. The second kappa shape index (κ2) is 9.07. The van der Waals surface area contributed by atoms with Crippen molar-refractivity contribution in [3.05, 3.63) is 74.8 Å². The Hall–Kier alpha value is -3.59. The maximum atomic E-state index is 12.4. The summed E-state index contributed by atoms with van der Waals surface area (Å²) in [4.78, 5) is 28.2. The molecule has 0 bridgehead atoms. The first kappa shape index (κ1) is 20.2. The SMILES string of the molecule is CCOc1ccc(/C=N\NC(=O)c2nc(-c3ccccc3)sc2C)cc1[N+](=O)[O-]. The van der Waals surface area contributed by atoms with Crippen LogP contribution in [0.3, 0.4) is 0 Å². The number of nitrogens with one attached hydrogen (secondary N) is 1. The monoisotopic (exact) mass is 410 g/mol. The number of hydrogen-bond donors (Lipinski definition) is 1. The number of hydrazone groups is 1. The summed E-state index contributed by atoms with van der Waals surface area (Å²) >= 11 is 1.42. The summed E-state index contributed by atoms with van der Waals surface area (Å²) in [5.41, 5.74) is 3.94. The first-order valence-electron chi connectivity index (χ1n) is 8.77. The Morgan fingerprint density at radius 3 is 2.76 bits per heavy atom. The van der Waals surface area contributed by atoms with Gasteiger partial charge >= 0.3 is 5.69 Å². The van der Waals surface area contributed by atoms with Gasteiger partial charge in [0.1, 0.15) is 10.7 Å². The fourth-order valence-corrected chi connectivity index (χ4v) is 3.48. The van der Waals surface area contributed by atoms with E-state index in [1.165, 1.54) is 29.7 Å². The van der Waals surface area contributed by atoms with Crippen molar-refractivity contribution < 1.29 is 14.5 Å². The lowest BCUT2D eigenvalue weighted by Crippen LogP contribution is -2.19. The molecule has 0 aliphatic rings. The van der Waals surface area contributed by atoms with Crippen molar-refractivity contribution in [1.82, 2.24) is 10.4 Å². The lowest BCUT2D eigenvalue weighted by molar-refractivity contribution is -0.385. The summed E-state index contributed by atoms with van der Waals surface area (Å²) in [5.74, 6) is -0.261. The molecule has 8 nitrogen and oxygen atoms in total. The summed E-state index contributed by atoms with van der Waals surface area (Å²) < 4.78 is 5.24. The van der Waals surface area contributed by atoms with E-state index in [0.29, 0.717) is 17.9 Å². The molecule has 0 saturated heterocycles. The molecular weight excluding hydrogens is 392 g/mol. The Labute approximate surface area is 171 Å². The Kier molecular flexibility index (Phi) is 6.30. The number of ether oxygens (including phenoxy) is 1. The Balaban J connectivity index is 1.72. The quantitative estimate of drug-likeness (QED) is 0.357. The highest BCUT2D eigenvalue weighted by atomic mass is 32.1. The van der Waals surface area contributed by atoms with E-state index in [9.17, 15) is 14.9 Å². The van der Waals surface area contributed by atoms with Crippen molar-refractivity contribution in [2.24, 2.45) is 5.10 Å². The molecule has 0 saturated carbocycles. The molecule has 1 heterocycles. The van der Waals surface area contributed by atoms with Gasteiger partial charge < -0.3 is 4.74 Å². The molecule has 2 aromatic carbocycles. The van der Waals surface area contributed by atoms with Crippen LogP contribution in [0.1, 0.15) is 27.9 Å². The molecule has 1 amide bonds. The van der Waals surface area contributed by atoms with Crippen LogP contribution in [0, 0.1) is 17.0 Å². The van der Waals surface area contributed by atoms with E-state index in [4.69, 9.17) is 4.74 Å². The van der Waals surface area contributed by atoms with Crippen molar-refractivity contribution in [3.63, 3.8) is 0 Å². The minimum absolute atomic E-state index is 0.162. The lowest BCUT2D eigenvalue weighted by atomic mass is 10.2. The summed E-state index contributed by atoms with van der Waals surface area (Å²) in [5, 5.41) is 15.8. The van der Waals surface area contributed by atoms with E-state index in [-0.39, 0.29) is 11.4 Å². The first-order valence-corrected chi connectivity index (χ1v) is 9.58. The fraction of sp³-hybridized carbons (Fsp3) is 0.150. The van der Waals surface area contributed by atoms with E-state index in [1.54, 1.807) is 13.0 Å². The number of carbonyl (C=O) groups is 1. The van der Waals surface area contributed by atoms with E-state index >= 15 is 0 Å². The van der Waals surface area contributed by atoms with Gasteiger partial charge in [0.05, 0.1) is 17.7 Å². The molecule has 148 valence electrons. The third-order valence-electron chi connectivity index (χ3n) is 3.89. The average Bonchev–Trinajstić information content (AvgIpc) is 3.11. The predicted octanol–water partition coefficient (Wildman–Crippen LogP) is 4.19. The van der Waals surface area contributed by atoms with Gasteiger partial charge in [0.15, 0.2) is 5.75 Å². The predicted molar refractivity (Wildman–Crippen MR) is 112 cm³/mol. The van der Waals surface area contributed by atoms with Crippen LogP contribution < -0.4 is 10.2 Å². The average molecular weight is 410 g/mol. The van der Waals surface area contributed by atoms with E-state index in [0.717, 1.165) is 15.4 Å². The lowest BCUT2D eigenvalue weighted by Gasteiger charge is -2.04. The zero-order chi connectivity index (χ0) is 20.8. The Bertz CT molecular complexity index is 1060. The molecular formula is C20H18N4O4S. The maximum absolute atomic E-state index is 12.4. The molecule has 1 N–H and O–H groups in total. The third kappa shape index (κ3) is 4.82. The van der Waals surface area contributed by atoms with Crippen molar-refractivity contribution in [3.8, 4) is 16.3 Å². The second-order valence-electron chi connectivity index (χ2n) is 5.91. The molecule has 0 fully saturated rings. The van der Waals surface area contributed by atoms with Gasteiger partial charge in [-0.1, -0.05) is 30.3 Å². The number of thiazole rings is 1. The highest BCUT2D eigenvalue weighted by molar-refractivity contribution is 7.15. The van der Waals surface area contributed by atoms with Gasteiger partial charge in [0.25, 0.3) is 5.91 Å². The summed E-state index contributed by atoms with van der Waals surface area (Å²) in [6, 6.07) is 14.0. The van der Waals surface area contributed by atoms with Crippen molar-refractivity contribution in [1.29, 1.82) is 0 Å². The zero-order valence-corrected chi connectivity index (χ0v) is 16.6. The fourth-order valence-electron chi connectivity index (χ4n) is 2.56. The molecule has 9 heteroatoms. The minimum atomic E-state index is -0.523. The van der Waals surface area contributed by atoms with Crippen molar-refractivity contribution >= 4 is 29.1 Å². The molecule has 0 aliphatic carbocycles. The first-order chi connectivity index (χ1) is 14.0. The molecule has 0 unspecified atom stereocenters. The van der Waals surface area contributed by atoms with Crippen molar-refractivity contribution in [2.45, 2.75) is 13.8 Å². The minimum Gasteiger partial charge on any atom is -0.487 e. The number of amides is 1. The molecule has 0 aliphatic heterocycles. The molecule has 0 atom stereocenters. The van der Waals surface area contributed by atoms with Crippen LogP contribution in [0.4, 0.5) is 5.69 Å². The van der Waals surface area contributed by atoms with Gasteiger partial charge in [0.2, 0.25) is 0 Å². The van der Waals surface area contributed by atoms with Crippen LogP contribution >= 0.6 is 11.3 Å². The number of aromatic nitrogens is 1. The summed E-state index contributed by atoms with van der Waals surface area (Å²) in [6.07, 6.45) is 1.33. The molecule has 3 rings (SSSR count). The number of aryl methyl sites for hydroxylation is 1. The van der Waals surface area contributed by atoms with E-state index in [1.807, 2.05) is 37.3 Å². The number of hydrogen-bond acceptors (Lipinski definition) is 7. The molecule has 3 aromatic rings. The van der Waals surface area contributed by atoms with Gasteiger partial charge in [-0.25, -0.2) is 10.4 Å². The van der Waals surface area contributed by atoms with Crippen LogP contribution in [-0.4, -0.2) is 28.6 Å². The molecule has 0 spiro atoms.